The topological polar surface area (TPSA) is 203 Å². The van der Waals surface area contributed by atoms with E-state index in [0.29, 0.717) is 83.2 Å². The molecule has 1 amide bonds. The van der Waals surface area contributed by atoms with Crippen molar-refractivity contribution in [3.8, 4) is 0 Å². The highest BCUT2D eigenvalue weighted by molar-refractivity contribution is 6.39. The number of amides is 1. The number of carbonyl (C=O) groups is 5. The summed E-state index contributed by atoms with van der Waals surface area (Å²) in [6.07, 6.45) is 8.96. The number of fused-ring (bicyclic) bond motifs is 3. The maximum absolute atomic E-state index is 14.5. The van der Waals surface area contributed by atoms with Gasteiger partial charge in [-0.3, -0.25) is 19.2 Å². The van der Waals surface area contributed by atoms with Crippen LogP contribution in [0.15, 0.2) is 47.6 Å². The van der Waals surface area contributed by atoms with Gasteiger partial charge in [-0.15, -0.1) is 0 Å². The Morgan fingerprint density at radius 1 is 0.851 bits per heavy atom. The Kier molecular flexibility index (Phi) is 24.2. The number of methoxy groups -OCH3 is 2. The SMILES string of the molecule is CO[C@@H]1C[C@H](C[C@@H](C)[C@@H]2CC(=O)[C@H](C)/C=C(\C)[C@@H](O)[C@@H](OC)C(=O)[C@H](C)C[C@H](C)/C=C/C=C/C=C(\C)[C@@H](OCCOC3COC3)C[C@@H]3CC[C@@H](C)[C@@](O)(O3)C(=O)C(=O)N3CCCC[C@H]3C(=O)O2)CC[C@H]1OC(F)F. The number of piperidine rings is 1. The number of esters is 1. The summed E-state index contributed by atoms with van der Waals surface area (Å²) in [5, 5.41) is 23.7. The monoisotopic (exact) mass is 1050 g/mol. The van der Waals surface area contributed by atoms with Crippen molar-refractivity contribution in [1.82, 2.24) is 4.90 Å². The smallest absolute Gasteiger partial charge is 0.345 e. The van der Waals surface area contributed by atoms with Gasteiger partial charge in [-0.25, -0.2) is 4.79 Å². The van der Waals surface area contributed by atoms with E-state index in [1.165, 1.54) is 14.2 Å². The number of hydrogen-bond acceptors (Lipinski definition) is 15. The zero-order valence-electron chi connectivity index (χ0n) is 45.1. The number of aliphatic hydroxyl groups excluding tert-OH is 1. The normalized spacial score (nSPS) is 38.2. The summed E-state index contributed by atoms with van der Waals surface area (Å²) in [7, 11) is 2.80. The molecule has 0 aromatic rings. The van der Waals surface area contributed by atoms with Crippen LogP contribution in [0.4, 0.5) is 8.78 Å². The first-order chi connectivity index (χ1) is 35.2. The molecule has 2 bridgehead atoms. The Morgan fingerprint density at radius 2 is 1.58 bits per heavy atom. The lowest BCUT2D eigenvalue weighted by Gasteiger charge is -2.43. The zero-order valence-corrected chi connectivity index (χ0v) is 45.1. The van der Waals surface area contributed by atoms with E-state index < -0.39 is 102 Å². The Labute approximate surface area is 436 Å². The van der Waals surface area contributed by atoms with E-state index in [9.17, 15) is 43.0 Å². The first-order valence-corrected chi connectivity index (χ1v) is 26.9. The highest BCUT2D eigenvalue weighted by Crippen LogP contribution is 2.38. The van der Waals surface area contributed by atoms with Crippen LogP contribution in [0.2, 0.25) is 0 Å². The first-order valence-electron chi connectivity index (χ1n) is 26.9. The molecule has 16 nitrogen and oxygen atoms in total. The van der Waals surface area contributed by atoms with Crippen LogP contribution in [0.5, 0.6) is 0 Å². The third-order valence-electron chi connectivity index (χ3n) is 15.8. The van der Waals surface area contributed by atoms with Crippen LogP contribution in [-0.4, -0.2) is 159 Å². The van der Waals surface area contributed by atoms with Gasteiger partial charge in [0.05, 0.1) is 50.8 Å². The van der Waals surface area contributed by atoms with E-state index in [0.717, 1.165) is 10.5 Å². The molecule has 1 aliphatic carbocycles. The van der Waals surface area contributed by atoms with Crippen LogP contribution in [0.3, 0.4) is 0 Å². The Bertz CT molecular complexity index is 1990. The number of allylic oxidation sites excluding steroid dienone is 6. The molecule has 418 valence electrons. The molecule has 4 heterocycles. The summed E-state index contributed by atoms with van der Waals surface area (Å²) in [4.78, 5) is 72.6. The van der Waals surface area contributed by atoms with Crippen molar-refractivity contribution in [3.05, 3.63) is 47.6 Å². The highest BCUT2D eigenvalue weighted by Gasteiger charge is 2.53. The van der Waals surface area contributed by atoms with Gasteiger partial charge < -0.3 is 53.0 Å². The minimum Gasteiger partial charge on any atom is -0.460 e. The molecule has 4 fully saturated rings. The molecule has 5 rings (SSSR count). The number of cyclic esters (lactones) is 1. The summed E-state index contributed by atoms with van der Waals surface area (Å²) < 4.78 is 72.5. The van der Waals surface area contributed by atoms with Crippen molar-refractivity contribution < 1.29 is 80.9 Å². The summed E-state index contributed by atoms with van der Waals surface area (Å²) >= 11 is 0. The Morgan fingerprint density at radius 3 is 2.26 bits per heavy atom. The van der Waals surface area contributed by atoms with Crippen LogP contribution in [0, 0.1) is 35.5 Å². The third-order valence-corrected chi connectivity index (χ3v) is 15.8. The summed E-state index contributed by atoms with van der Waals surface area (Å²) in [6.45, 7) is 11.1. The quantitative estimate of drug-likeness (QED) is 0.0858. The molecule has 15 atom stereocenters. The summed E-state index contributed by atoms with van der Waals surface area (Å²) in [5.41, 5.74) is 1.18. The minimum absolute atomic E-state index is 0.00337. The number of rotatable bonds is 12. The van der Waals surface area contributed by atoms with Crippen molar-refractivity contribution in [2.24, 2.45) is 35.5 Å². The second-order valence-corrected chi connectivity index (χ2v) is 21.6. The molecule has 18 heteroatoms. The molecule has 0 radical (unpaired) electrons. The Hall–Kier alpha value is -3.59. The van der Waals surface area contributed by atoms with Crippen molar-refractivity contribution in [3.63, 3.8) is 0 Å². The van der Waals surface area contributed by atoms with Crippen LogP contribution >= 0.6 is 0 Å². The third kappa shape index (κ3) is 17.0. The average Bonchev–Trinajstić information content (AvgIpc) is 3.35. The maximum atomic E-state index is 14.5. The lowest BCUT2D eigenvalue weighted by Crippen LogP contribution is -2.61. The molecule has 0 aromatic heterocycles. The number of ketones is 3. The second kappa shape index (κ2) is 29.2. The van der Waals surface area contributed by atoms with Gasteiger partial charge in [0.25, 0.3) is 11.7 Å². The standard InChI is InChI=1S/C56H85F2NO15/c1-33-15-11-10-12-16-34(2)46(71-24-23-70-42-31-69-32-42)29-41-20-18-39(7)56(66,74-41)52(63)53(64)59-22-14-13-17-43(59)54(65)72-47(36(4)27-40-19-21-45(73-55(57)58)48(28-40)67-8)30-44(60)35(3)26-38(6)50(62)51(68-9)49(61)37(5)25-33/h10-12,15-16,26,33,35-37,39-43,45-48,50-51,55,62,66H,13-14,17-25,27-32H2,1-9H3/b12-10+,15-11+,34-16+,38-26+/t33-,35-,36-,37-,39-,40+,41+,43+,45-,46+,47+,48-,50-,51+,56-/m1/s1. The molecular weight excluding hydrogens is 965 g/mol. The second-order valence-electron chi connectivity index (χ2n) is 21.6. The van der Waals surface area contributed by atoms with Crippen molar-refractivity contribution in [2.75, 3.05) is 47.2 Å². The van der Waals surface area contributed by atoms with Crippen molar-refractivity contribution >= 4 is 29.2 Å². The fourth-order valence-corrected chi connectivity index (χ4v) is 11.0. The van der Waals surface area contributed by atoms with Crippen LogP contribution < -0.4 is 0 Å². The van der Waals surface area contributed by atoms with Gasteiger partial charge in [0, 0.05) is 51.4 Å². The number of ether oxygens (including phenoxy) is 8. The molecule has 4 aliphatic heterocycles. The van der Waals surface area contributed by atoms with Gasteiger partial charge in [-0.2, -0.15) is 8.78 Å². The summed E-state index contributed by atoms with van der Waals surface area (Å²) in [5.74, 6) is -8.84. The molecule has 3 saturated heterocycles. The number of aliphatic hydroxyl groups is 2. The summed E-state index contributed by atoms with van der Waals surface area (Å²) in [6, 6.07) is -1.22. The fraction of sp³-hybridized carbons (Fsp3) is 0.768. The van der Waals surface area contributed by atoms with Crippen LogP contribution in [-0.2, 0) is 61.9 Å². The average molecular weight is 1050 g/mol. The van der Waals surface area contributed by atoms with E-state index in [2.05, 4.69) is 0 Å². The number of hydrogen-bond donors (Lipinski definition) is 2. The van der Waals surface area contributed by atoms with E-state index in [1.807, 2.05) is 51.2 Å². The molecular formula is C56H85F2NO15. The van der Waals surface area contributed by atoms with E-state index in [-0.39, 0.29) is 61.9 Å². The van der Waals surface area contributed by atoms with Crippen molar-refractivity contribution in [2.45, 2.75) is 193 Å². The van der Waals surface area contributed by atoms with E-state index in [4.69, 9.17) is 37.9 Å². The minimum atomic E-state index is -2.96. The molecule has 0 spiro atoms. The molecule has 2 N–H and O–H groups in total. The number of nitrogens with zero attached hydrogens (tertiary/aromatic N) is 1. The van der Waals surface area contributed by atoms with E-state index in [1.54, 1.807) is 33.8 Å². The molecule has 1 saturated carbocycles. The number of carbonyl (C=O) groups excluding carboxylic acids is 5. The fourth-order valence-electron chi connectivity index (χ4n) is 11.0. The lowest BCUT2D eigenvalue weighted by atomic mass is 9.78. The van der Waals surface area contributed by atoms with Gasteiger partial charge in [-0.1, -0.05) is 71.1 Å². The Balaban J connectivity index is 1.46. The molecule has 74 heavy (non-hydrogen) atoms. The predicted octanol–water partition coefficient (Wildman–Crippen LogP) is 7.21. The maximum Gasteiger partial charge on any atom is 0.345 e. The van der Waals surface area contributed by atoms with E-state index >= 15 is 0 Å². The van der Waals surface area contributed by atoms with Gasteiger partial charge in [-0.05, 0) is 107 Å². The molecule has 5 aliphatic rings. The zero-order chi connectivity index (χ0) is 54.3. The van der Waals surface area contributed by atoms with Gasteiger partial charge in [0.1, 0.15) is 36.2 Å². The first kappa shape index (κ1) is 61.3. The number of Topliss-reactive ketones (excluding diaryl/α,β-unsaturated/α-hetero) is 3. The highest BCUT2D eigenvalue weighted by atomic mass is 19.3. The molecule has 0 unspecified atom stereocenters. The number of halogens is 2. The number of alkyl halides is 2. The van der Waals surface area contributed by atoms with Gasteiger partial charge >= 0.3 is 12.6 Å². The van der Waals surface area contributed by atoms with Crippen LogP contribution in [0.25, 0.3) is 0 Å². The lowest BCUT2D eigenvalue weighted by molar-refractivity contribution is -0.266. The van der Waals surface area contributed by atoms with Crippen LogP contribution in [0.1, 0.15) is 126 Å². The van der Waals surface area contributed by atoms with Crippen molar-refractivity contribution in [1.29, 1.82) is 0 Å². The molecule has 0 aromatic carbocycles. The van der Waals surface area contributed by atoms with Gasteiger partial charge in [0.15, 0.2) is 5.78 Å². The van der Waals surface area contributed by atoms with Gasteiger partial charge in [0.2, 0.25) is 5.79 Å². The largest absolute Gasteiger partial charge is 0.460 e. The predicted molar refractivity (Wildman–Crippen MR) is 270 cm³/mol.